The van der Waals surface area contributed by atoms with Gasteiger partial charge in [0.15, 0.2) is 0 Å². The van der Waals surface area contributed by atoms with Gasteiger partial charge in [0, 0.05) is 18.3 Å². The van der Waals surface area contributed by atoms with E-state index in [0.29, 0.717) is 5.16 Å². The smallest absolute Gasteiger partial charge is 0.315 e. The summed E-state index contributed by atoms with van der Waals surface area (Å²) in [5, 5.41) is 0.465. The Balaban J connectivity index is 2.71. The fraction of sp³-hybridized carbons (Fsp3) is 0.375. The Hall–Kier alpha value is -1.10. The van der Waals surface area contributed by atoms with Gasteiger partial charge in [0.1, 0.15) is 12.0 Å². The molecule has 0 aromatic carbocycles. The molecule has 0 unspecified atom stereocenters. The van der Waals surface area contributed by atoms with Gasteiger partial charge >= 0.3 is 5.97 Å². The van der Waals surface area contributed by atoms with E-state index in [0.717, 1.165) is 23.4 Å². The van der Waals surface area contributed by atoms with Gasteiger partial charge in [0.25, 0.3) is 0 Å². The highest BCUT2D eigenvalue weighted by Crippen LogP contribution is 2.14. The molecular formula is C8H10N2O2S. The zero-order valence-corrected chi connectivity index (χ0v) is 8.51. The molecule has 1 heterocycles. The third kappa shape index (κ3) is 3.42. The largest absolute Gasteiger partial charge is 0.383 e. The highest BCUT2D eigenvalue weighted by molar-refractivity contribution is 7.94. The minimum atomic E-state index is -0.354. The highest BCUT2D eigenvalue weighted by atomic mass is 32.2. The summed E-state index contributed by atoms with van der Waals surface area (Å²) in [5.74, 6) is -0.354. The van der Waals surface area contributed by atoms with Gasteiger partial charge < -0.3 is 4.18 Å². The summed E-state index contributed by atoms with van der Waals surface area (Å²) < 4.78 is 4.69. The molecule has 5 heteroatoms. The quantitative estimate of drug-likeness (QED) is 0.534. The van der Waals surface area contributed by atoms with Crippen LogP contribution < -0.4 is 0 Å². The lowest BCUT2D eigenvalue weighted by Crippen LogP contribution is -1.95. The molecular weight excluding hydrogens is 188 g/mol. The zero-order valence-electron chi connectivity index (χ0n) is 7.70. The van der Waals surface area contributed by atoms with Crippen molar-refractivity contribution in [2.75, 3.05) is 0 Å². The minimum Gasteiger partial charge on any atom is -0.383 e. The van der Waals surface area contributed by atoms with Crippen LogP contribution in [-0.2, 0) is 8.98 Å². The molecule has 0 saturated carbocycles. The van der Waals surface area contributed by atoms with E-state index in [1.807, 2.05) is 19.9 Å². The second kappa shape index (κ2) is 4.23. The predicted octanol–water partition coefficient (Wildman–Crippen LogP) is 1.66. The number of carbonyl (C=O) groups excluding carboxylic acids is 1. The van der Waals surface area contributed by atoms with E-state index >= 15 is 0 Å². The minimum absolute atomic E-state index is 0.354. The fourth-order valence-corrected chi connectivity index (χ4v) is 1.38. The summed E-state index contributed by atoms with van der Waals surface area (Å²) >= 11 is 0.885. The SMILES string of the molecule is CC(=O)OSc1nc(C)cc(C)n1. The van der Waals surface area contributed by atoms with Crippen LogP contribution in [-0.4, -0.2) is 15.9 Å². The van der Waals surface area contributed by atoms with Crippen LogP contribution >= 0.6 is 12.0 Å². The second-order valence-electron chi connectivity index (χ2n) is 2.59. The van der Waals surface area contributed by atoms with Crippen LogP contribution in [0.5, 0.6) is 0 Å². The Labute approximate surface area is 80.9 Å². The van der Waals surface area contributed by atoms with E-state index in [2.05, 4.69) is 9.97 Å². The number of carbonyl (C=O) groups is 1. The first-order valence-corrected chi connectivity index (χ1v) is 4.49. The molecule has 70 valence electrons. The molecule has 1 rings (SSSR count). The van der Waals surface area contributed by atoms with Crippen LogP contribution in [0.1, 0.15) is 18.3 Å². The molecule has 0 N–H and O–H groups in total. The molecule has 0 fully saturated rings. The summed E-state index contributed by atoms with van der Waals surface area (Å²) in [6.45, 7) is 5.08. The van der Waals surface area contributed by atoms with Crippen LogP contribution in [0.15, 0.2) is 11.2 Å². The molecule has 0 radical (unpaired) electrons. The Kier molecular flexibility index (Phi) is 3.25. The molecule has 0 atom stereocenters. The van der Waals surface area contributed by atoms with Gasteiger partial charge in [0.05, 0.1) is 0 Å². The van der Waals surface area contributed by atoms with Crippen molar-refractivity contribution in [1.82, 2.24) is 9.97 Å². The van der Waals surface area contributed by atoms with Crippen LogP contribution in [0, 0.1) is 13.8 Å². The van der Waals surface area contributed by atoms with Crippen molar-refractivity contribution in [3.63, 3.8) is 0 Å². The van der Waals surface area contributed by atoms with Crippen LogP contribution in [0.25, 0.3) is 0 Å². The number of hydrogen-bond donors (Lipinski definition) is 0. The van der Waals surface area contributed by atoms with Crippen molar-refractivity contribution in [2.24, 2.45) is 0 Å². The Bertz CT molecular complexity index is 308. The molecule has 0 saturated heterocycles. The Morgan fingerprint density at radius 1 is 1.38 bits per heavy atom. The Morgan fingerprint density at radius 2 is 1.92 bits per heavy atom. The third-order valence-corrected chi connectivity index (χ3v) is 1.85. The molecule has 0 bridgehead atoms. The van der Waals surface area contributed by atoms with Gasteiger partial charge in [-0.05, 0) is 19.9 Å². The topological polar surface area (TPSA) is 52.1 Å². The molecule has 1 aromatic rings. The Morgan fingerprint density at radius 3 is 2.38 bits per heavy atom. The lowest BCUT2D eigenvalue weighted by Gasteiger charge is -2.00. The lowest BCUT2D eigenvalue weighted by molar-refractivity contribution is -0.130. The van der Waals surface area contributed by atoms with Gasteiger partial charge in [-0.3, -0.25) is 4.79 Å². The van der Waals surface area contributed by atoms with E-state index < -0.39 is 0 Å². The molecule has 0 amide bonds. The van der Waals surface area contributed by atoms with Crippen molar-refractivity contribution in [3.05, 3.63) is 17.5 Å². The number of aryl methyl sites for hydroxylation is 2. The molecule has 1 aromatic heterocycles. The molecule has 0 aliphatic rings. The van der Waals surface area contributed by atoms with Crippen LogP contribution in [0.3, 0.4) is 0 Å². The number of aromatic nitrogens is 2. The lowest BCUT2D eigenvalue weighted by atomic mass is 10.4. The van der Waals surface area contributed by atoms with Gasteiger partial charge in [-0.1, -0.05) is 0 Å². The molecule has 0 aliphatic carbocycles. The standard InChI is InChI=1S/C8H10N2O2S/c1-5-4-6(2)10-8(9-5)13-12-7(3)11/h4H,1-3H3. The van der Waals surface area contributed by atoms with Crippen molar-refractivity contribution in [1.29, 1.82) is 0 Å². The van der Waals surface area contributed by atoms with E-state index in [1.165, 1.54) is 6.92 Å². The summed E-state index contributed by atoms with van der Waals surface area (Å²) in [6, 6.07) is 1.86. The number of hydrogen-bond acceptors (Lipinski definition) is 5. The maximum Gasteiger partial charge on any atom is 0.315 e. The van der Waals surface area contributed by atoms with Gasteiger partial charge in [-0.2, -0.15) is 0 Å². The van der Waals surface area contributed by atoms with Crippen LogP contribution in [0.4, 0.5) is 0 Å². The van der Waals surface area contributed by atoms with Gasteiger partial charge in [0.2, 0.25) is 5.16 Å². The number of rotatable bonds is 2. The summed E-state index contributed by atoms with van der Waals surface area (Å²) in [7, 11) is 0. The molecule has 0 aliphatic heterocycles. The summed E-state index contributed by atoms with van der Waals surface area (Å²) in [5.41, 5.74) is 1.73. The van der Waals surface area contributed by atoms with Gasteiger partial charge in [-0.25, -0.2) is 9.97 Å². The van der Waals surface area contributed by atoms with Crippen molar-refractivity contribution < 1.29 is 8.98 Å². The fourth-order valence-electron chi connectivity index (χ4n) is 0.827. The predicted molar refractivity (Wildman–Crippen MR) is 49.1 cm³/mol. The highest BCUT2D eigenvalue weighted by Gasteiger charge is 2.03. The number of nitrogens with zero attached hydrogens (tertiary/aromatic N) is 2. The molecule has 0 spiro atoms. The molecule has 13 heavy (non-hydrogen) atoms. The first-order chi connectivity index (χ1) is 6.08. The van der Waals surface area contributed by atoms with E-state index in [4.69, 9.17) is 4.18 Å². The third-order valence-electron chi connectivity index (χ3n) is 1.20. The van der Waals surface area contributed by atoms with Crippen LogP contribution in [0.2, 0.25) is 0 Å². The summed E-state index contributed by atoms with van der Waals surface area (Å²) in [6.07, 6.45) is 0. The van der Waals surface area contributed by atoms with E-state index in [9.17, 15) is 4.79 Å². The van der Waals surface area contributed by atoms with Crippen molar-refractivity contribution in [3.8, 4) is 0 Å². The maximum atomic E-state index is 10.5. The maximum absolute atomic E-state index is 10.5. The normalized spacial score (nSPS) is 9.77. The molecule has 4 nitrogen and oxygen atoms in total. The second-order valence-corrected chi connectivity index (χ2v) is 3.29. The monoisotopic (exact) mass is 198 g/mol. The van der Waals surface area contributed by atoms with Crippen molar-refractivity contribution in [2.45, 2.75) is 25.9 Å². The van der Waals surface area contributed by atoms with Crippen molar-refractivity contribution >= 4 is 18.0 Å². The zero-order chi connectivity index (χ0) is 9.84. The van der Waals surface area contributed by atoms with E-state index in [-0.39, 0.29) is 5.97 Å². The van der Waals surface area contributed by atoms with Gasteiger partial charge in [-0.15, -0.1) is 0 Å². The van der Waals surface area contributed by atoms with E-state index in [1.54, 1.807) is 0 Å². The first-order valence-electron chi connectivity index (χ1n) is 3.75. The average molecular weight is 198 g/mol. The first kappa shape index (κ1) is 9.98. The summed E-state index contributed by atoms with van der Waals surface area (Å²) in [4.78, 5) is 18.6. The average Bonchev–Trinajstić information content (AvgIpc) is 1.99.